The molecule has 1 amide bonds. The summed E-state index contributed by atoms with van der Waals surface area (Å²) >= 11 is 1.45. The van der Waals surface area contributed by atoms with Crippen LogP contribution in [0.15, 0.2) is 72.1 Å². The van der Waals surface area contributed by atoms with Crippen molar-refractivity contribution in [2.45, 2.75) is 17.4 Å². The zero-order valence-electron chi connectivity index (χ0n) is 14.0. The fourth-order valence-corrected chi connectivity index (χ4v) is 3.17. The number of anilines is 1. The van der Waals surface area contributed by atoms with Crippen LogP contribution in [-0.2, 0) is 5.75 Å². The summed E-state index contributed by atoms with van der Waals surface area (Å²) in [4.78, 5) is 20.8. The van der Waals surface area contributed by atoms with Crippen molar-refractivity contribution in [2.75, 3.05) is 5.32 Å². The maximum absolute atomic E-state index is 12.6. The molecule has 1 aromatic carbocycles. The molecule has 0 unspecified atom stereocenters. The van der Waals surface area contributed by atoms with Crippen molar-refractivity contribution in [3.8, 4) is 5.75 Å². The van der Waals surface area contributed by atoms with Crippen LogP contribution in [0.25, 0.3) is 0 Å². The molecule has 8 heteroatoms. The molecular formula is C19H15F2N3O2S. The van der Waals surface area contributed by atoms with E-state index >= 15 is 0 Å². The van der Waals surface area contributed by atoms with Gasteiger partial charge >= 0.3 is 6.61 Å². The minimum atomic E-state index is -2.89. The first kappa shape index (κ1) is 18.8. The van der Waals surface area contributed by atoms with Gasteiger partial charge in [-0.2, -0.15) is 8.78 Å². The second kappa shape index (κ2) is 9.09. The minimum Gasteiger partial charge on any atom is -0.435 e. The highest BCUT2D eigenvalue weighted by atomic mass is 32.2. The predicted molar refractivity (Wildman–Crippen MR) is 99.1 cm³/mol. The van der Waals surface area contributed by atoms with Gasteiger partial charge in [0.2, 0.25) is 0 Å². The van der Waals surface area contributed by atoms with Crippen molar-refractivity contribution >= 4 is 23.4 Å². The van der Waals surface area contributed by atoms with E-state index in [1.165, 1.54) is 36.0 Å². The van der Waals surface area contributed by atoms with Crippen molar-refractivity contribution in [1.29, 1.82) is 0 Å². The van der Waals surface area contributed by atoms with E-state index in [2.05, 4.69) is 20.0 Å². The Hall–Kier alpha value is -3.00. The second-order valence-electron chi connectivity index (χ2n) is 5.36. The van der Waals surface area contributed by atoms with E-state index in [1.54, 1.807) is 30.7 Å². The summed E-state index contributed by atoms with van der Waals surface area (Å²) in [7, 11) is 0. The van der Waals surface area contributed by atoms with Gasteiger partial charge in [0, 0.05) is 30.0 Å². The molecule has 2 aromatic heterocycles. The van der Waals surface area contributed by atoms with E-state index in [9.17, 15) is 13.6 Å². The molecule has 138 valence electrons. The largest absolute Gasteiger partial charge is 0.435 e. The summed E-state index contributed by atoms with van der Waals surface area (Å²) < 4.78 is 28.7. The van der Waals surface area contributed by atoms with Crippen LogP contribution in [0.2, 0.25) is 0 Å². The SMILES string of the molecule is O=C(Nc1ccc(OC(F)F)cc1)c1cccnc1SCc1ccncc1. The first-order valence-electron chi connectivity index (χ1n) is 7.95. The quantitative estimate of drug-likeness (QED) is 0.599. The van der Waals surface area contributed by atoms with Crippen molar-refractivity contribution in [3.63, 3.8) is 0 Å². The van der Waals surface area contributed by atoms with Gasteiger partial charge in [-0.05, 0) is 54.1 Å². The van der Waals surface area contributed by atoms with E-state index in [-0.39, 0.29) is 11.7 Å². The lowest BCUT2D eigenvalue weighted by Gasteiger charge is -2.10. The zero-order chi connectivity index (χ0) is 19.1. The van der Waals surface area contributed by atoms with Crippen LogP contribution < -0.4 is 10.1 Å². The van der Waals surface area contributed by atoms with Crippen molar-refractivity contribution in [3.05, 3.63) is 78.2 Å². The number of carbonyl (C=O) groups is 1. The molecule has 0 saturated heterocycles. The van der Waals surface area contributed by atoms with Gasteiger partial charge in [-0.15, -0.1) is 11.8 Å². The van der Waals surface area contributed by atoms with Crippen LogP contribution in [0.1, 0.15) is 15.9 Å². The Kier molecular flexibility index (Phi) is 6.32. The molecule has 2 heterocycles. The Morgan fingerprint density at radius 1 is 1.07 bits per heavy atom. The van der Waals surface area contributed by atoms with E-state index in [0.717, 1.165) is 5.56 Å². The van der Waals surface area contributed by atoms with Crippen molar-refractivity contribution < 1.29 is 18.3 Å². The van der Waals surface area contributed by atoms with Gasteiger partial charge in [0.1, 0.15) is 10.8 Å². The van der Waals surface area contributed by atoms with Gasteiger partial charge in [-0.1, -0.05) is 0 Å². The molecule has 27 heavy (non-hydrogen) atoms. The Morgan fingerprint density at radius 3 is 2.52 bits per heavy atom. The molecule has 0 aliphatic carbocycles. The zero-order valence-corrected chi connectivity index (χ0v) is 14.8. The summed E-state index contributed by atoms with van der Waals surface area (Å²) in [6, 6.07) is 12.9. The highest BCUT2D eigenvalue weighted by molar-refractivity contribution is 7.98. The number of benzene rings is 1. The van der Waals surface area contributed by atoms with Crippen LogP contribution in [0.3, 0.4) is 0 Å². The number of amides is 1. The Bertz CT molecular complexity index is 893. The van der Waals surface area contributed by atoms with Crippen LogP contribution >= 0.6 is 11.8 Å². The number of aromatic nitrogens is 2. The number of nitrogens with zero attached hydrogens (tertiary/aromatic N) is 2. The number of thioether (sulfide) groups is 1. The first-order valence-corrected chi connectivity index (χ1v) is 8.93. The van der Waals surface area contributed by atoms with Gasteiger partial charge in [0.15, 0.2) is 0 Å². The monoisotopic (exact) mass is 387 g/mol. The fourth-order valence-electron chi connectivity index (χ4n) is 2.23. The number of nitrogens with one attached hydrogen (secondary N) is 1. The Balaban J connectivity index is 1.67. The molecular weight excluding hydrogens is 372 g/mol. The van der Waals surface area contributed by atoms with Crippen LogP contribution in [0.4, 0.5) is 14.5 Å². The number of rotatable bonds is 7. The Labute approximate surface area is 158 Å². The third kappa shape index (κ3) is 5.49. The van der Waals surface area contributed by atoms with Crippen LogP contribution in [0, 0.1) is 0 Å². The maximum atomic E-state index is 12.6. The molecule has 0 aliphatic rings. The number of hydrogen-bond donors (Lipinski definition) is 1. The summed E-state index contributed by atoms with van der Waals surface area (Å²) in [5.74, 6) is 0.347. The van der Waals surface area contributed by atoms with Gasteiger partial charge in [0.05, 0.1) is 5.56 Å². The maximum Gasteiger partial charge on any atom is 0.387 e. The van der Waals surface area contributed by atoms with E-state index in [0.29, 0.717) is 22.0 Å². The third-order valence-electron chi connectivity index (χ3n) is 3.48. The molecule has 0 fully saturated rings. The summed E-state index contributed by atoms with van der Waals surface area (Å²) in [6.07, 6.45) is 5.05. The topological polar surface area (TPSA) is 64.1 Å². The lowest BCUT2D eigenvalue weighted by molar-refractivity contribution is -0.0498. The minimum absolute atomic E-state index is 0.0259. The molecule has 5 nitrogen and oxygen atoms in total. The second-order valence-corrected chi connectivity index (χ2v) is 6.32. The molecule has 3 rings (SSSR count). The normalized spacial score (nSPS) is 10.6. The molecule has 0 atom stereocenters. The molecule has 1 N–H and O–H groups in total. The lowest BCUT2D eigenvalue weighted by Crippen LogP contribution is -2.13. The average Bonchev–Trinajstić information content (AvgIpc) is 2.68. The van der Waals surface area contributed by atoms with Gasteiger partial charge < -0.3 is 10.1 Å². The highest BCUT2D eigenvalue weighted by Crippen LogP contribution is 2.25. The number of ether oxygens (including phenoxy) is 1. The van der Waals surface area contributed by atoms with E-state index in [4.69, 9.17) is 0 Å². The Morgan fingerprint density at radius 2 is 1.81 bits per heavy atom. The third-order valence-corrected chi connectivity index (χ3v) is 4.55. The summed E-state index contributed by atoms with van der Waals surface area (Å²) in [5.41, 5.74) is 1.97. The van der Waals surface area contributed by atoms with E-state index in [1.807, 2.05) is 12.1 Å². The smallest absolute Gasteiger partial charge is 0.387 e. The lowest BCUT2D eigenvalue weighted by atomic mass is 10.2. The highest BCUT2D eigenvalue weighted by Gasteiger charge is 2.13. The van der Waals surface area contributed by atoms with Gasteiger partial charge in [0.25, 0.3) is 5.91 Å². The molecule has 0 aliphatic heterocycles. The average molecular weight is 387 g/mol. The molecule has 3 aromatic rings. The first-order chi connectivity index (χ1) is 13.1. The standard InChI is InChI=1S/C19H15F2N3O2S/c20-19(21)26-15-5-3-14(4-6-15)24-17(25)16-2-1-9-23-18(16)27-12-13-7-10-22-11-8-13/h1-11,19H,12H2,(H,24,25). The van der Waals surface area contributed by atoms with Crippen molar-refractivity contribution in [1.82, 2.24) is 9.97 Å². The van der Waals surface area contributed by atoms with Crippen LogP contribution in [0.5, 0.6) is 5.75 Å². The number of hydrogen-bond acceptors (Lipinski definition) is 5. The molecule has 0 saturated carbocycles. The molecule has 0 radical (unpaired) electrons. The van der Waals surface area contributed by atoms with Gasteiger partial charge in [-0.3, -0.25) is 9.78 Å². The summed E-state index contributed by atoms with van der Waals surface area (Å²) in [6.45, 7) is -2.89. The number of carbonyl (C=O) groups excluding carboxylic acids is 1. The number of halogens is 2. The van der Waals surface area contributed by atoms with E-state index < -0.39 is 6.61 Å². The fraction of sp³-hybridized carbons (Fsp3) is 0.105. The van der Waals surface area contributed by atoms with Gasteiger partial charge in [-0.25, -0.2) is 4.98 Å². The molecule has 0 bridgehead atoms. The summed E-state index contributed by atoms with van der Waals surface area (Å²) in [5, 5.41) is 3.33. The van der Waals surface area contributed by atoms with Crippen molar-refractivity contribution in [2.24, 2.45) is 0 Å². The predicted octanol–water partition coefficient (Wildman–Crippen LogP) is 4.62. The number of alkyl halides is 2. The number of pyridine rings is 2. The molecule has 0 spiro atoms. The van der Waals surface area contributed by atoms with Crippen LogP contribution in [-0.4, -0.2) is 22.5 Å².